The zero-order valence-corrected chi connectivity index (χ0v) is 11.5. The summed E-state index contributed by atoms with van der Waals surface area (Å²) in [5.74, 6) is 0. The number of halogens is 3. The Bertz CT molecular complexity index is 384. The average molecular weight is 275 g/mol. The van der Waals surface area contributed by atoms with E-state index in [-0.39, 0.29) is 19.3 Å². The fourth-order valence-electron chi connectivity index (χ4n) is 1.95. The van der Waals surface area contributed by atoms with Crippen LogP contribution in [0.1, 0.15) is 29.2 Å². The van der Waals surface area contributed by atoms with Gasteiger partial charge >= 0.3 is 6.18 Å². The molecular formula is C14H20F3NO. The summed E-state index contributed by atoms with van der Waals surface area (Å²) in [6.07, 6.45) is -5.06. The first-order chi connectivity index (χ1) is 8.81. The summed E-state index contributed by atoms with van der Waals surface area (Å²) < 4.78 is 41.1. The third-order valence-corrected chi connectivity index (χ3v) is 2.81. The van der Waals surface area contributed by atoms with Crippen molar-refractivity contribution in [3.05, 3.63) is 34.9 Å². The molecule has 0 aliphatic rings. The molecule has 0 spiro atoms. The summed E-state index contributed by atoms with van der Waals surface area (Å²) >= 11 is 0. The van der Waals surface area contributed by atoms with E-state index in [1.165, 1.54) is 0 Å². The number of benzene rings is 1. The van der Waals surface area contributed by atoms with Gasteiger partial charge in [-0.3, -0.25) is 0 Å². The van der Waals surface area contributed by atoms with E-state index in [1.54, 1.807) is 7.05 Å². The van der Waals surface area contributed by atoms with Gasteiger partial charge in [-0.05, 0) is 26.5 Å². The van der Waals surface area contributed by atoms with Gasteiger partial charge in [-0.2, -0.15) is 13.2 Å². The normalized spacial score (nSPS) is 13.6. The monoisotopic (exact) mass is 275 g/mol. The predicted octanol–water partition coefficient (Wildman–Crippen LogP) is 3.53. The first kappa shape index (κ1) is 16.0. The third kappa shape index (κ3) is 6.07. The highest BCUT2D eigenvalue weighted by Crippen LogP contribution is 2.20. The molecule has 0 saturated carbocycles. The molecule has 1 N–H and O–H groups in total. The van der Waals surface area contributed by atoms with Crippen LogP contribution < -0.4 is 5.32 Å². The molecule has 0 saturated heterocycles. The number of aryl methyl sites for hydroxylation is 2. The summed E-state index contributed by atoms with van der Waals surface area (Å²) in [7, 11) is 1.77. The maximum Gasteiger partial charge on any atom is 0.391 e. The minimum absolute atomic E-state index is 0.0909. The van der Waals surface area contributed by atoms with Crippen LogP contribution in [0.3, 0.4) is 0 Å². The van der Waals surface area contributed by atoms with E-state index in [0.717, 1.165) is 16.7 Å². The number of likely N-dealkylation sites (N-methyl/N-ethyl adjacent to an activating group) is 1. The van der Waals surface area contributed by atoms with Crippen molar-refractivity contribution in [1.29, 1.82) is 0 Å². The fourth-order valence-corrected chi connectivity index (χ4v) is 1.95. The lowest BCUT2D eigenvalue weighted by Gasteiger charge is -2.18. The Labute approximate surface area is 112 Å². The lowest BCUT2D eigenvalue weighted by molar-refractivity contribution is -0.145. The van der Waals surface area contributed by atoms with Crippen molar-refractivity contribution < 1.29 is 17.9 Å². The molecule has 0 fully saturated rings. The SMILES string of the molecule is CNC(COCCC(F)(F)F)c1cc(C)cc(C)c1. The van der Waals surface area contributed by atoms with Crippen LogP contribution in [0.15, 0.2) is 18.2 Å². The molecule has 0 radical (unpaired) electrons. The van der Waals surface area contributed by atoms with Crippen molar-refractivity contribution in [3.8, 4) is 0 Å². The summed E-state index contributed by atoms with van der Waals surface area (Å²) in [6, 6.07) is 6.00. The molecule has 5 heteroatoms. The second-order valence-corrected chi connectivity index (χ2v) is 4.70. The van der Waals surface area contributed by atoms with E-state index in [2.05, 4.69) is 11.4 Å². The number of rotatable bonds is 6. The molecule has 0 bridgehead atoms. The summed E-state index contributed by atoms with van der Waals surface area (Å²) in [5.41, 5.74) is 3.29. The fraction of sp³-hybridized carbons (Fsp3) is 0.571. The van der Waals surface area contributed by atoms with E-state index < -0.39 is 12.6 Å². The van der Waals surface area contributed by atoms with Crippen LogP contribution in [0, 0.1) is 13.8 Å². The standard InChI is InChI=1S/C14H20F3NO/c1-10-6-11(2)8-12(7-10)13(18-3)9-19-5-4-14(15,16)17/h6-8,13,18H,4-5,9H2,1-3H3. The Morgan fingerprint density at radius 3 is 2.21 bits per heavy atom. The van der Waals surface area contributed by atoms with Crippen molar-refractivity contribution in [2.75, 3.05) is 20.3 Å². The van der Waals surface area contributed by atoms with Gasteiger partial charge < -0.3 is 10.1 Å². The molecule has 108 valence electrons. The van der Waals surface area contributed by atoms with Crippen LogP contribution in [0.4, 0.5) is 13.2 Å². The van der Waals surface area contributed by atoms with Gasteiger partial charge in [-0.1, -0.05) is 29.3 Å². The highest BCUT2D eigenvalue weighted by molar-refractivity contribution is 5.30. The smallest absolute Gasteiger partial charge is 0.379 e. The number of ether oxygens (including phenoxy) is 1. The number of nitrogens with one attached hydrogen (secondary N) is 1. The summed E-state index contributed by atoms with van der Waals surface area (Å²) in [6.45, 7) is 3.92. The van der Waals surface area contributed by atoms with Gasteiger partial charge in [0.05, 0.1) is 25.7 Å². The average Bonchev–Trinajstić information content (AvgIpc) is 2.26. The molecule has 0 aliphatic carbocycles. The van der Waals surface area contributed by atoms with Crippen molar-refractivity contribution in [1.82, 2.24) is 5.32 Å². The second-order valence-electron chi connectivity index (χ2n) is 4.70. The van der Waals surface area contributed by atoms with E-state index >= 15 is 0 Å². The van der Waals surface area contributed by atoms with Gasteiger partial charge in [0.25, 0.3) is 0 Å². The largest absolute Gasteiger partial charge is 0.391 e. The van der Waals surface area contributed by atoms with Gasteiger partial charge in [0.1, 0.15) is 0 Å². The topological polar surface area (TPSA) is 21.3 Å². The highest BCUT2D eigenvalue weighted by Gasteiger charge is 2.26. The van der Waals surface area contributed by atoms with Gasteiger partial charge in [0.2, 0.25) is 0 Å². The maximum atomic E-state index is 12.0. The molecule has 0 aliphatic heterocycles. The highest BCUT2D eigenvalue weighted by atomic mass is 19.4. The molecule has 19 heavy (non-hydrogen) atoms. The molecule has 2 nitrogen and oxygen atoms in total. The van der Waals surface area contributed by atoms with Gasteiger partial charge in [-0.25, -0.2) is 0 Å². The first-order valence-corrected chi connectivity index (χ1v) is 6.22. The minimum Gasteiger partial charge on any atom is -0.379 e. The Hall–Kier alpha value is -1.07. The van der Waals surface area contributed by atoms with Crippen LogP contribution in [-0.4, -0.2) is 26.4 Å². The maximum absolute atomic E-state index is 12.0. The number of hydrogen-bond acceptors (Lipinski definition) is 2. The molecule has 0 heterocycles. The van der Waals surface area contributed by atoms with Gasteiger partial charge in [0.15, 0.2) is 0 Å². The molecule has 1 atom stereocenters. The molecular weight excluding hydrogens is 255 g/mol. The van der Waals surface area contributed by atoms with Crippen molar-refractivity contribution in [2.45, 2.75) is 32.5 Å². The Morgan fingerprint density at radius 1 is 1.16 bits per heavy atom. The number of hydrogen-bond donors (Lipinski definition) is 1. The summed E-state index contributed by atoms with van der Waals surface area (Å²) in [5, 5.41) is 3.06. The third-order valence-electron chi connectivity index (χ3n) is 2.81. The molecule has 0 amide bonds. The Balaban J connectivity index is 2.53. The van der Waals surface area contributed by atoms with E-state index in [9.17, 15) is 13.2 Å². The molecule has 1 aromatic carbocycles. The van der Waals surface area contributed by atoms with Crippen LogP contribution >= 0.6 is 0 Å². The van der Waals surface area contributed by atoms with Crippen molar-refractivity contribution in [2.24, 2.45) is 0 Å². The van der Waals surface area contributed by atoms with Crippen molar-refractivity contribution in [3.63, 3.8) is 0 Å². The van der Waals surface area contributed by atoms with Crippen LogP contribution in [-0.2, 0) is 4.74 Å². The second kappa shape index (κ2) is 6.91. The molecule has 1 aromatic rings. The van der Waals surface area contributed by atoms with Gasteiger partial charge in [-0.15, -0.1) is 0 Å². The van der Waals surface area contributed by atoms with E-state index in [4.69, 9.17) is 4.74 Å². The van der Waals surface area contributed by atoms with Crippen LogP contribution in [0.5, 0.6) is 0 Å². The lowest BCUT2D eigenvalue weighted by Crippen LogP contribution is -2.23. The van der Waals surface area contributed by atoms with Crippen LogP contribution in [0.25, 0.3) is 0 Å². The zero-order chi connectivity index (χ0) is 14.5. The lowest BCUT2D eigenvalue weighted by atomic mass is 10.0. The van der Waals surface area contributed by atoms with E-state index in [1.807, 2.05) is 26.0 Å². The Morgan fingerprint density at radius 2 is 1.74 bits per heavy atom. The minimum atomic E-state index is -4.16. The quantitative estimate of drug-likeness (QED) is 0.802. The van der Waals surface area contributed by atoms with E-state index in [0.29, 0.717) is 0 Å². The van der Waals surface area contributed by atoms with Gasteiger partial charge in [0, 0.05) is 0 Å². The molecule has 0 aromatic heterocycles. The van der Waals surface area contributed by atoms with Crippen molar-refractivity contribution >= 4 is 0 Å². The van der Waals surface area contributed by atoms with Crippen LogP contribution in [0.2, 0.25) is 0 Å². The first-order valence-electron chi connectivity index (χ1n) is 6.22. The zero-order valence-electron chi connectivity index (χ0n) is 11.5. The number of alkyl halides is 3. The summed E-state index contributed by atoms with van der Waals surface area (Å²) in [4.78, 5) is 0. The Kier molecular flexibility index (Phi) is 5.82. The molecule has 1 rings (SSSR count). The molecule has 1 unspecified atom stereocenters. The predicted molar refractivity (Wildman–Crippen MR) is 69.2 cm³/mol.